The van der Waals surface area contributed by atoms with Crippen LogP contribution in [0.2, 0.25) is 0 Å². The Morgan fingerprint density at radius 3 is 2.52 bits per heavy atom. The molecule has 0 aromatic heterocycles. The second kappa shape index (κ2) is 6.35. The molecule has 2 fully saturated rings. The molecule has 0 aliphatic heterocycles. The van der Waals surface area contributed by atoms with E-state index in [4.69, 9.17) is 4.74 Å². The number of hydrogen-bond donors (Lipinski definition) is 2. The van der Waals surface area contributed by atoms with Crippen molar-refractivity contribution >= 4 is 0 Å². The van der Waals surface area contributed by atoms with Crippen molar-refractivity contribution in [1.82, 2.24) is 0 Å². The Hall–Kier alpha value is -0.800. The van der Waals surface area contributed by atoms with Crippen LogP contribution in [0.5, 0.6) is 0 Å². The van der Waals surface area contributed by atoms with Crippen molar-refractivity contribution in [3.8, 4) is 0 Å². The molecule has 0 spiro atoms. The van der Waals surface area contributed by atoms with Gasteiger partial charge in [-0.3, -0.25) is 0 Å². The van der Waals surface area contributed by atoms with Gasteiger partial charge in [0, 0.05) is 11.8 Å². The van der Waals surface area contributed by atoms with Crippen LogP contribution >= 0.6 is 0 Å². The largest absolute Gasteiger partial charge is 0.498 e. The van der Waals surface area contributed by atoms with Crippen LogP contribution in [0.25, 0.3) is 0 Å². The van der Waals surface area contributed by atoms with Crippen LogP contribution in [0, 0.1) is 34.5 Å². The highest BCUT2D eigenvalue weighted by Crippen LogP contribution is 2.68. The molecule has 2 N–H and O–H groups in total. The van der Waals surface area contributed by atoms with Crippen molar-refractivity contribution < 1.29 is 14.9 Å². The third-order valence-corrected chi connectivity index (χ3v) is 9.45. The van der Waals surface area contributed by atoms with E-state index in [-0.39, 0.29) is 17.4 Å². The van der Waals surface area contributed by atoms with Gasteiger partial charge in [-0.15, -0.1) is 0 Å². The molecular weight excluding hydrogens is 336 g/mol. The molecule has 2 saturated carbocycles. The molecule has 0 bridgehead atoms. The SMILES string of the molecule is CCOC1=CC2=C(C)C[C@@H]3[C@H](CC[C@@]4(C)[C@H]3CC[C@]4(C)O)[C@@]2(CO)[C@@H](C)C1. The lowest BCUT2D eigenvalue weighted by atomic mass is 9.44. The molecule has 0 amide bonds. The van der Waals surface area contributed by atoms with E-state index >= 15 is 0 Å². The molecule has 4 aliphatic rings. The fourth-order valence-electron chi connectivity index (χ4n) is 7.75. The number of hydrogen-bond acceptors (Lipinski definition) is 3. The zero-order valence-corrected chi connectivity index (χ0v) is 17.8. The molecule has 3 heteroatoms. The summed E-state index contributed by atoms with van der Waals surface area (Å²) in [4.78, 5) is 0. The van der Waals surface area contributed by atoms with E-state index in [9.17, 15) is 10.2 Å². The van der Waals surface area contributed by atoms with Crippen molar-refractivity contribution in [2.24, 2.45) is 34.5 Å². The van der Waals surface area contributed by atoms with Crippen molar-refractivity contribution in [2.75, 3.05) is 13.2 Å². The summed E-state index contributed by atoms with van der Waals surface area (Å²) in [7, 11) is 0. The van der Waals surface area contributed by atoms with E-state index in [2.05, 4.69) is 33.8 Å². The maximum absolute atomic E-state index is 11.1. The molecule has 27 heavy (non-hydrogen) atoms. The molecule has 0 aromatic rings. The number of aliphatic hydroxyl groups is 2. The van der Waals surface area contributed by atoms with E-state index in [1.807, 2.05) is 6.92 Å². The summed E-state index contributed by atoms with van der Waals surface area (Å²) in [5.41, 5.74) is 2.13. The van der Waals surface area contributed by atoms with Gasteiger partial charge in [-0.2, -0.15) is 0 Å². The summed E-state index contributed by atoms with van der Waals surface area (Å²) in [6, 6.07) is 0. The monoisotopic (exact) mass is 374 g/mol. The Labute approximate surface area is 164 Å². The molecular formula is C24H38O3. The van der Waals surface area contributed by atoms with Crippen molar-refractivity contribution in [1.29, 1.82) is 0 Å². The Balaban J connectivity index is 1.79. The Morgan fingerprint density at radius 2 is 1.85 bits per heavy atom. The Morgan fingerprint density at radius 1 is 1.15 bits per heavy atom. The predicted molar refractivity (Wildman–Crippen MR) is 108 cm³/mol. The van der Waals surface area contributed by atoms with Crippen LogP contribution in [0.4, 0.5) is 0 Å². The highest BCUT2D eigenvalue weighted by Gasteiger charge is 2.64. The molecule has 0 unspecified atom stereocenters. The van der Waals surface area contributed by atoms with Gasteiger partial charge in [-0.1, -0.05) is 19.4 Å². The molecule has 3 nitrogen and oxygen atoms in total. The first-order valence-corrected chi connectivity index (χ1v) is 11.1. The minimum atomic E-state index is -0.548. The van der Waals surface area contributed by atoms with E-state index in [0.717, 1.165) is 44.3 Å². The first-order valence-electron chi connectivity index (χ1n) is 11.1. The number of allylic oxidation sites excluding steroid dienone is 3. The second-order valence-corrected chi connectivity index (χ2v) is 10.4. The first kappa shape index (κ1) is 19.5. The zero-order chi connectivity index (χ0) is 19.6. The van der Waals surface area contributed by atoms with Gasteiger partial charge in [-0.05, 0) is 93.6 Å². The molecule has 152 valence electrons. The van der Waals surface area contributed by atoms with Crippen molar-refractivity contribution in [2.45, 2.75) is 78.7 Å². The number of ether oxygens (including phenoxy) is 1. The molecule has 4 aliphatic carbocycles. The van der Waals surface area contributed by atoms with Crippen molar-refractivity contribution in [3.63, 3.8) is 0 Å². The van der Waals surface area contributed by atoms with Crippen LogP contribution in [-0.4, -0.2) is 29.0 Å². The Bertz CT molecular complexity index is 675. The summed E-state index contributed by atoms with van der Waals surface area (Å²) in [6.45, 7) is 12.0. The average Bonchev–Trinajstić information content (AvgIpc) is 2.86. The number of aliphatic hydroxyl groups excluding tert-OH is 1. The van der Waals surface area contributed by atoms with Gasteiger partial charge in [0.05, 0.1) is 24.6 Å². The fourth-order valence-corrected chi connectivity index (χ4v) is 7.75. The summed E-state index contributed by atoms with van der Waals surface area (Å²) in [5, 5.41) is 21.9. The van der Waals surface area contributed by atoms with E-state index in [1.165, 1.54) is 11.1 Å². The molecule has 0 heterocycles. The maximum Gasteiger partial charge on any atom is 0.0965 e. The fraction of sp³-hybridized carbons (Fsp3) is 0.833. The van der Waals surface area contributed by atoms with Gasteiger partial charge in [0.15, 0.2) is 0 Å². The summed E-state index contributed by atoms with van der Waals surface area (Å²) in [5.74, 6) is 3.14. The van der Waals surface area contributed by atoms with Gasteiger partial charge in [0.25, 0.3) is 0 Å². The highest BCUT2D eigenvalue weighted by atomic mass is 16.5. The van der Waals surface area contributed by atoms with Crippen LogP contribution in [0.3, 0.4) is 0 Å². The second-order valence-electron chi connectivity index (χ2n) is 10.4. The standard InChI is InChI=1S/C24H38O3/c1-6-27-17-12-16(3)24(14-25)20-7-9-22(4)19(8-10-23(22,5)26)18(20)11-15(2)21(24)13-17/h13,16,18-20,25-26H,6-12,14H2,1-5H3/t16-,18-,19-,20-,22-,23-,24+/m0/s1. The molecule has 0 saturated heterocycles. The number of fused-ring (bicyclic) bond motifs is 5. The van der Waals surface area contributed by atoms with Gasteiger partial charge in [-0.25, -0.2) is 0 Å². The summed E-state index contributed by atoms with van der Waals surface area (Å²) in [6.07, 6.45) is 8.55. The normalized spacial score (nSPS) is 49.2. The van der Waals surface area contributed by atoms with E-state index in [0.29, 0.717) is 30.3 Å². The van der Waals surface area contributed by atoms with Crippen molar-refractivity contribution in [3.05, 3.63) is 23.0 Å². The maximum atomic E-state index is 11.1. The molecule has 7 atom stereocenters. The van der Waals surface area contributed by atoms with E-state index < -0.39 is 5.60 Å². The lowest BCUT2D eigenvalue weighted by Crippen LogP contribution is -2.57. The highest BCUT2D eigenvalue weighted by molar-refractivity contribution is 5.41. The smallest absolute Gasteiger partial charge is 0.0965 e. The lowest BCUT2D eigenvalue weighted by molar-refractivity contribution is -0.128. The quantitative estimate of drug-likeness (QED) is 0.743. The summed E-state index contributed by atoms with van der Waals surface area (Å²) < 4.78 is 5.90. The summed E-state index contributed by atoms with van der Waals surface area (Å²) >= 11 is 0. The number of rotatable bonds is 3. The lowest BCUT2D eigenvalue weighted by Gasteiger charge is -2.60. The van der Waals surface area contributed by atoms with Gasteiger partial charge < -0.3 is 14.9 Å². The minimum absolute atomic E-state index is 0.0207. The van der Waals surface area contributed by atoms with Crippen LogP contribution in [0.1, 0.15) is 73.1 Å². The predicted octanol–water partition coefficient (Wildman–Crippen LogP) is 4.84. The topological polar surface area (TPSA) is 49.7 Å². The van der Waals surface area contributed by atoms with Crippen LogP contribution in [0.15, 0.2) is 23.0 Å². The molecule has 0 radical (unpaired) electrons. The molecule has 4 rings (SSSR count). The molecule has 0 aromatic carbocycles. The van der Waals surface area contributed by atoms with Crippen LogP contribution < -0.4 is 0 Å². The minimum Gasteiger partial charge on any atom is -0.498 e. The zero-order valence-electron chi connectivity index (χ0n) is 17.8. The Kier molecular flexibility index (Phi) is 4.59. The van der Waals surface area contributed by atoms with Gasteiger partial charge in [0.2, 0.25) is 0 Å². The third-order valence-electron chi connectivity index (χ3n) is 9.45. The third kappa shape index (κ3) is 2.46. The van der Waals surface area contributed by atoms with E-state index in [1.54, 1.807) is 0 Å². The average molecular weight is 375 g/mol. The van der Waals surface area contributed by atoms with Gasteiger partial charge >= 0.3 is 0 Å². The first-order chi connectivity index (χ1) is 12.7. The van der Waals surface area contributed by atoms with Gasteiger partial charge in [0.1, 0.15) is 0 Å². The van der Waals surface area contributed by atoms with Crippen LogP contribution in [-0.2, 0) is 4.74 Å².